The van der Waals surface area contributed by atoms with Crippen molar-refractivity contribution in [3.8, 4) is 0 Å². The van der Waals surface area contributed by atoms with Gasteiger partial charge in [-0.05, 0) is 48.8 Å². The fraction of sp³-hybridized carbons (Fsp3) is 0.611. The average Bonchev–Trinajstić information content (AvgIpc) is 3.10. The van der Waals surface area contributed by atoms with Crippen LogP contribution >= 0.6 is 35.1 Å². The number of benzene rings is 1. The van der Waals surface area contributed by atoms with Crippen LogP contribution in [-0.2, 0) is 22.4 Å². The lowest BCUT2D eigenvalue weighted by Crippen LogP contribution is -2.44. The molecule has 4 nitrogen and oxygen atoms in total. The molecule has 0 bridgehead atoms. The molecule has 1 aliphatic rings. The lowest BCUT2D eigenvalue weighted by Gasteiger charge is -2.32. The number of methoxy groups -OCH3 is 1. The summed E-state index contributed by atoms with van der Waals surface area (Å²) in [5, 5.41) is 0. The van der Waals surface area contributed by atoms with E-state index in [1.165, 1.54) is 11.9 Å². The Morgan fingerprint density at radius 1 is 1.24 bits per heavy atom. The van der Waals surface area contributed by atoms with Crippen molar-refractivity contribution < 1.29 is 9.53 Å². The number of alkyl halides is 2. The highest BCUT2D eigenvalue weighted by Crippen LogP contribution is 2.42. The summed E-state index contributed by atoms with van der Waals surface area (Å²) in [6.45, 7) is 6.05. The van der Waals surface area contributed by atoms with Crippen molar-refractivity contribution in [2.24, 2.45) is 0 Å². The van der Waals surface area contributed by atoms with Gasteiger partial charge in [-0.15, -0.1) is 0 Å². The van der Waals surface area contributed by atoms with Crippen LogP contribution in [0.15, 0.2) is 18.2 Å². The zero-order valence-electron chi connectivity index (χ0n) is 15.1. The first-order valence-electron chi connectivity index (χ1n) is 8.68. The molecule has 2 rings (SSSR count). The number of rotatable bonds is 8. The summed E-state index contributed by atoms with van der Waals surface area (Å²) in [5.74, 6) is -0.356. The van der Waals surface area contributed by atoms with Crippen molar-refractivity contribution >= 4 is 46.7 Å². The van der Waals surface area contributed by atoms with Crippen LogP contribution in [0.4, 0.5) is 5.69 Å². The summed E-state index contributed by atoms with van der Waals surface area (Å²) in [4.78, 5) is 14.8. The summed E-state index contributed by atoms with van der Waals surface area (Å²) in [6.07, 6.45) is 3.83. The Morgan fingerprint density at radius 2 is 1.80 bits per heavy atom. The molecular formula is C18H26Cl2N2O2S. The van der Waals surface area contributed by atoms with Crippen LogP contribution in [0.25, 0.3) is 0 Å². The monoisotopic (exact) mass is 404 g/mol. The topological polar surface area (TPSA) is 32.8 Å². The fourth-order valence-corrected chi connectivity index (χ4v) is 4.80. The maximum absolute atomic E-state index is 13.2. The SMILES string of the molecule is CCc1cccc(CC)c1N(COC)C(=O)C(Cl)(Cl)SN1CCCC1. The molecular weight excluding hydrogens is 379 g/mol. The average molecular weight is 405 g/mol. The lowest BCUT2D eigenvalue weighted by atomic mass is 10.0. The molecule has 1 fully saturated rings. The number of carbonyl (C=O) groups excluding carboxylic acids is 1. The van der Waals surface area contributed by atoms with Gasteiger partial charge >= 0.3 is 0 Å². The first-order valence-corrected chi connectivity index (χ1v) is 10.2. The number of nitrogens with zero attached hydrogens (tertiary/aromatic N) is 2. The van der Waals surface area contributed by atoms with E-state index >= 15 is 0 Å². The molecule has 0 unspecified atom stereocenters. The number of hydrogen-bond donors (Lipinski definition) is 0. The Bertz CT molecular complexity index is 570. The Morgan fingerprint density at radius 3 is 2.28 bits per heavy atom. The first-order chi connectivity index (χ1) is 11.9. The Kier molecular flexibility index (Phi) is 7.90. The number of ether oxygens (including phenoxy) is 1. The highest BCUT2D eigenvalue weighted by atomic mass is 35.5. The van der Waals surface area contributed by atoms with Crippen LogP contribution in [0, 0.1) is 0 Å². The summed E-state index contributed by atoms with van der Waals surface area (Å²) >= 11 is 14.2. The number of carbonyl (C=O) groups is 1. The molecule has 140 valence electrons. The minimum atomic E-state index is -1.57. The zero-order valence-corrected chi connectivity index (χ0v) is 17.4. The van der Waals surface area contributed by atoms with Crippen LogP contribution in [0.5, 0.6) is 0 Å². The van der Waals surface area contributed by atoms with Gasteiger partial charge in [0.05, 0.1) is 5.69 Å². The van der Waals surface area contributed by atoms with Gasteiger partial charge < -0.3 is 4.74 Å². The van der Waals surface area contributed by atoms with Crippen molar-refractivity contribution in [3.05, 3.63) is 29.3 Å². The minimum Gasteiger partial charge on any atom is -0.364 e. The minimum absolute atomic E-state index is 0.116. The molecule has 1 aromatic rings. The first kappa shape index (κ1) is 20.8. The second-order valence-electron chi connectivity index (χ2n) is 6.03. The van der Waals surface area contributed by atoms with Crippen LogP contribution < -0.4 is 4.90 Å². The molecule has 0 aromatic heterocycles. The van der Waals surface area contributed by atoms with Gasteiger partial charge in [-0.2, -0.15) is 0 Å². The number of aryl methyl sites for hydroxylation is 2. The molecule has 1 saturated heterocycles. The Labute approximate surface area is 164 Å². The summed E-state index contributed by atoms with van der Waals surface area (Å²) in [6, 6.07) is 6.08. The molecule has 0 atom stereocenters. The van der Waals surface area contributed by atoms with E-state index in [1.807, 2.05) is 18.2 Å². The van der Waals surface area contributed by atoms with Gasteiger partial charge in [0.15, 0.2) is 0 Å². The molecule has 0 saturated carbocycles. The van der Waals surface area contributed by atoms with Crippen molar-refractivity contribution in [1.29, 1.82) is 0 Å². The highest BCUT2D eigenvalue weighted by molar-refractivity contribution is 8.02. The predicted octanol–water partition coefficient (Wildman–Crippen LogP) is 4.62. The van der Waals surface area contributed by atoms with E-state index in [9.17, 15) is 4.79 Å². The predicted molar refractivity (Wildman–Crippen MR) is 107 cm³/mol. The van der Waals surface area contributed by atoms with E-state index in [-0.39, 0.29) is 12.6 Å². The van der Waals surface area contributed by atoms with Gasteiger partial charge in [0.1, 0.15) is 6.73 Å². The summed E-state index contributed by atoms with van der Waals surface area (Å²) in [7, 11) is 1.57. The van der Waals surface area contributed by atoms with Gasteiger partial charge in [-0.3, -0.25) is 9.69 Å². The van der Waals surface area contributed by atoms with Crippen molar-refractivity contribution in [2.75, 3.05) is 31.8 Å². The largest absolute Gasteiger partial charge is 0.364 e. The Balaban J connectivity index is 2.35. The number of hydrogen-bond acceptors (Lipinski definition) is 4. The van der Waals surface area contributed by atoms with Gasteiger partial charge in [-0.1, -0.05) is 55.2 Å². The maximum atomic E-state index is 13.2. The van der Waals surface area contributed by atoms with Crippen LogP contribution in [-0.4, -0.2) is 40.8 Å². The number of amides is 1. The van der Waals surface area contributed by atoms with E-state index in [2.05, 4.69) is 18.2 Å². The van der Waals surface area contributed by atoms with Crippen LogP contribution in [0.1, 0.15) is 37.8 Å². The van der Waals surface area contributed by atoms with E-state index in [1.54, 1.807) is 12.0 Å². The van der Waals surface area contributed by atoms with Crippen molar-refractivity contribution in [2.45, 2.75) is 43.2 Å². The van der Waals surface area contributed by atoms with Gasteiger partial charge in [0.25, 0.3) is 9.57 Å². The molecule has 1 heterocycles. The number of anilines is 1. The molecule has 7 heteroatoms. The zero-order chi connectivity index (χ0) is 18.4. The fourth-order valence-electron chi connectivity index (χ4n) is 3.05. The van der Waals surface area contributed by atoms with Gasteiger partial charge in [-0.25, -0.2) is 4.31 Å². The van der Waals surface area contributed by atoms with Gasteiger partial charge in [0.2, 0.25) is 0 Å². The van der Waals surface area contributed by atoms with Crippen molar-refractivity contribution in [1.82, 2.24) is 4.31 Å². The molecule has 0 aliphatic carbocycles. The standard InChI is InChI=1S/C18H26Cl2N2O2S/c1-4-14-9-8-10-15(5-2)16(14)22(13-24-3)17(23)18(19,20)25-21-11-6-7-12-21/h8-10H,4-7,11-13H2,1-3H3. The van der Waals surface area contributed by atoms with Gasteiger partial charge in [0, 0.05) is 20.2 Å². The van der Waals surface area contributed by atoms with Crippen LogP contribution in [0.3, 0.4) is 0 Å². The highest BCUT2D eigenvalue weighted by Gasteiger charge is 2.42. The number of halogens is 2. The molecule has 1 aromatic carbocycles. The van der Waals surface area contributed by atoms with E-state index < -0.39 is 3.67 Å². The van der Waals surface area contributed by atoms with Crippen molar-refractivity contribution in [3.63, 3.8) is 0 Å². The third-order valence-electron chi connectivity index (χ3n) is 4.30. The molecule has 0 N–H and O–H groups in total. The molecule has 25 heavy (non-hydrogen) atoms. The molecule has 1 aliphatic heterocycles. The van der Waals surface area contributed by atoms with E-state index in [0.717, 1.165) is 55.6 Å². The molecule has 0 radical (unpaired) electrons. The summed E-state index contributed by atoms with van der Waals surface area (Å²) in [5.41, 5.74) is 3.03. The number of para-hydroxylation sites is 1. The van der Waals surface area contributed by atoms with Crippen LogP contribution in [0.2, 0.25) is 0 Å². The normalized spacial score (nSPS) is 15.6. The van der Waals surface area contributed by atoms with E-state index in [0.29, 0.717) is 0 Å². The quantitative estimate of drug-likeness (QED) is 0.359. The second-order valence-corrected chi connectivity index (χ2v) is 9.11. The van der Waals surface area contributed by atoms with E-state index in [4.69, 9.17) is 27.9 Å². The maximum Gasteiger partial charge on any atom is 0.277 e. The molecule has 1 amide bonds. The molecule has 0 spiro atoms. The second kappa shape index (κ2) is 9.47. The third kappa shape index (κ3) is 5.04. The third-order valence-corrected chi connectivity index (χ3v) is 6.06. The summed E-state index contributed by atoms with van der Waals surface area (Å²) < 4.78 is 5.80. The Hall–Kier alpha value is -0.460. The smallest absolute Gasteiger partial charge is 0.277 e. The lowest BCUT2D eigenvalue weighted by molar-refractivity contribution is -0.118.